The van der Waals surface area contributed by atoms with Gasteiger partial charge in [0.2, 0.25) is 0 Å². The van der Waals surface area contributed by atoms with Crippen LogP contribution in [0.2, 0.25) is 0 Å². The van der Waals surface area contributed by atoms with Crippen molar-refractivity contribution in [3.05, 3.63) is 201 Å². The molecule has 4 unspecified atom stereocenters. The molecule has 7 N–H and O–H groups in total. The molecule has 14 nitrogen and oxygen atoms in total. The van der Waals surface area contributed by atoms with E-state index in [2.05, 4.69) is 70.4 Å². The lowest BCUT2D eigenvalue weighted by molar-refractivity contribution is 0.0494. The molecule has 0 radical (unpaired) electrons. The Balaban J connectivity index is 0.000000198. The van der Waals surface area contributed by atoms with Crippen LogP contribution in [-0.2, 0) is 57.8 Å². The molecule has 3 aliphatic rings. The number of nitrogens with two attached hydrogens (primary N) is 2. The van der Waals surface area contributed by atoms with Crippen LogP contribution >= 0.6 is 0 Å². The van der Waals surface area contributed by atoms with Gasteiger partial charge in [0.25, 0.3) is 0 Å². The monoisotopic (exact) mass is 1200 g/mol. The molecule has 3 amide bonds. The minimum absolute atomic E-state index is 0.0388. The average Bonchev–Trinajstić information content (AvgIpc) is 1.50. The molecule has 87 heavy (non-hydrogen) atoms. The lowest BCUT2D eigenvalue weighted by Gasteiger charge is -2.35. The first-order valence-electron chi connectivity index (χ1n) is 29.7. The van der Waals surface area contributed by atoms with Crippen LogP contribution < -0.4 is 31.9 Å². The molecule has 6 aromatic carbocycles. The molecule has 6 aromatic rings. The predicted molar refractivity (Wildman–Crippen MR) is 331 cm³/mol. The molecular weight excluding hydrogens is 1120 g/mol. The van der Waals surface area contributed by atoms with E-state index >= 15 is 0 Å². The van der Waals surface area contributed by atoms with Crippen LogP contribution in [0.4, 0.5) is 43.3 Å². The maximum Gasteiger partial charge on any atom is 0.414 e. The Bertz CT molecular complexity index is 3200. The Kier molecular flexibility index (Phi) is 23.2. The number of nitrogens with zero attached hydrogens (tertiary/aromatic N) is 2. The van der Waals surface area contributed by atoms with Crippen LogP contribution in [0.1, 0.15) is 132 Å². The van der Waals surface area contributed by atoms with Gasteiger partial charge in [-0.05, 0) is 151 Å². The number of halogens is 4. The van der Waals surface area contributed by atoms with Crippen LogP contribution in [0.3, 0.4) is 0 Å². The van der Waals surface area contributed by atoms with Crippen LogP contribution in [-0.4, -0.2) is 79.5 Å². The molecule has 0 saturated carbocycles. The summed E-state index contributed by atoms with van der Waals surface area (Å²) in [6.07, 6.45) is 1.23. The third-order valence-electron chi connectivity index (χ3n) is 14.5. The van der Waals surface area contributed by atoms with Gasteiger partial charge in [-0.2, -0.15) is 0 Å². The number of benzene rings is 6. The highest BCUT2D eigenvalue weighted by Gasteiger charge is 2.36. The molecule has 1 fully saturated rings. The summed E-state index contributed by atoms with van der Waals surface area (Å²) in [4.78, 5) is 40.9. The standard InChI is InChI=1S/C32H39F2N3O3.C22H28N2O2.C15H19F2NO3/c1-32(2,3)18-22-9-10-29-26(15-22)28(11-12-37(29)31(39)40-20-21-7-5-4-6-8-21)36-19-30(38)27(35)16-23-13-24(33)17-25(34)14-23;1-22(2,3)14-17-9-10-20-18(13-17)19(23)11-12-24(20)21(25)26-15-16-7-5-4-6-8-16;1-15(2,3)21-14(19)18-12(13-8-20-13)6-9-4-10(16)7-11(17)5-9/h4-10,13-15,17,27-28,30,36,38H,11-12,16,18-20,35H2,1-3H3;4-10,13,19H,11-12,14-15,23H2,1-3H3;4-5,7,12-13H,6,8H2,1-3H3,(H,18,19)/t27-,28?,30+;;/m0../s1. The van der Waals surface area contributed by atoms with Crippen molar-refractivity contribution in [1.82, 2.24) is 10.6 Å². The fourth-order valence-electron chi connectivity index (χ4n) is 10.5. The van der Waals surface area contributed by atoms with Gasteiger partial charge in [-0.3, -0.25) is 9.80 Å². The molecule has 0 aliphatic carbocycles. The van der Waals surface area contributed by atoms with Gasteiger partial charge in [-0.25, -0.2) is 31.9 Å². The first-order chi connectivity index (χ1) is 41.0. The molecule has 3 aliphatic heterocycles. The van der Waals surface area contributed by atoms with E-state index in [0.29, 0.717) is 37.2 Å². The second-order valence-corrected chi connectivity index (χ2v) is 26.1. The number of hydrogen-bond donors (Lipinski definition) is 5. The van der Waals surface area contributed by atoms with Gasteiger partial charge < -0.3 is 46.2 Å². The normalized spacial score (nSPS) is 17.4. The zero-order chi connectivity index (χ0) is 63.2. The fraction of sp³-hybridized carbons (Fsp3) is 0.435. The van der Waals surface area contributed by atoms with Crippen LogP contribution in [0.15, 0.2) is 133 Å². The zero-order valence-corrected chi connectivity index (χ0v) is 51.5. The third-order valence-corrected chi connectivity index (χ3v) is 14.5. The summed E-state index contributed by atoms with van der Waals surface area (Å²) in [6, 6.07) is 37.0. The van der Waals surface area contributed by atoms with Gasteiger partial charge in [0.15, 0.2) is 0 Å². The molecule has 0 spiro atoms. The number of carbonyl (C=O) groups is 3. The van der Waals surface area contributed by atoms with Crippen LogP contribution in [0.25, 0.3) is 0 Å². The molecule has 1 saturated heterocycles. The smallest absolute Gasteiger partial charge is 0.414 e. The second kappa shape index (κ2) is 30.0. The van der Waals surface area contributed by atoms with Crippen molar-refractivity contribution in [3.8, 4) is 0 Å². The minimum Gasteiger partial charge on any atom is -0.444 e. The average molecular weight is 1200 g/mol. The number of rotatable bonds is 16. The molecule has 9 rings (SSSR count). The highest BCUT2D eigenvalue weighted by atomic mass is 19.1. The molecule has 0 aromatic heterocycles. The molecule has 3 heterocycles. The lowest BCUT2D eigenvalue weighted by atomic mass is 9.86. The molecule has 0 bridgehead atoms. The summed E-state index contributed by atoms with van der Waals surface area (Å²) in [5.41, 5.74) is 21.0. The molecule has 468 valence electrons. The van der Waals surface area contributed by atoms with Crippen molar-refractivity contribution in [2.24, 2.45) is 22.3 Å². The van der Waals surface area contributed by atoms with Crippen molar-refractivity contribution in [1.29, 1.82) is 0 Å². The number of alkyl carbamates (subject to hydrolysis) is 1. The lowest BCUT2D eigenvalue weighted by Crippen LogP contribution is -2.46. The summed E-state index contributed by atoms with van der Waals surface area (Å²) < 4.78 is 75.0. The number of ether oxygens (including phenoxy) is 4. The second-order valence-electron chi connectivity index (χ2n) is 26.1. The van der Waals surface area contributed by atoms with E-state index in [1.807, 2.05) is 78.9 Å². The molecule has 6 atom stereocenters. The quantitative estimate of drug-likeness (QED) is 0.0352. The zero-order valence-electron chi connectivity index (χ0n) is 51.5. The van der Waals surface area contributed by atoms with E-state index in [9.17, 15) is 37.1 Å². The molecular formula is C69H86F4N6O8. The Morgan fingerprint density at radius 1 is 0.609 bits per heavy atom. The number of aliphatic hydroxyl groups is 1. The summed E-state index contributed by atoms with van der Waals surface area (Å²) >= 11 is 0. The highest BCUT2D eigenvalue weighted by molar-refractivity contribution is 5.90. The van der Waals surface area contributed by atoms with Crippen LogP contribution in [0.5, 0.6) is 0 Å². The number of anilines is 2. The van der Waals surface area contributed by atoms with Crippen molar-refractivity contribution in [2.75, 3.05) is 36.0 Å². The number of carbonyl (C=O) groups excluding carboxylic acids is 3. The van der Waals surface area contributed by atoms with E-state index in [4.69, 9.17) is 30.4 Å². The van der Waals surface area contributed by atoms with Gasteiger partial charge in [0, 0.05) is 49.9 Å². The van der Waals surface area contributed by atoms with Crippen molar-refractivity contribution < 1.29 is 56.0 Å². The van der Waals surface area contributed by atoms with Gasteiger partial charge in [0.1, 0.15) is 48.2 Å². The number of aliphatic hydroxyl groups excluding tert-OH is 1. The van der Waals surface area contributed by atoms with E-state index in [-0.39, 0.29) is 73.8 Å². The van der Waals surface area contributed by atoms with Crippen molar-refractivity contribution in [2.45, 2.75) is 156 Å². The van der Waals surface area contributed by atoms with Gasteiger partial charge >= 0.3 is 18.3 Å². The Labute approximate surface area is 509 Å². The number of epoxide rings is 1. The topological polar surface area (TPSA) is 194 Å². The number of amides is 3. The summed E-state index contributed by atoms with van der Waals surface area (Å²) in [7, 11) is 0. The van der Waals surface area contributed by atoms with Crippen LogP contribution in [0, 0.1) is 34.1 Å². The van der Waals surface area contributed by atoms with E-state index in [1.165, 1.54) is 29.8 Å². The van der Waals surface area contributed by atoms with Crippen molar-refractivity contribution >= 4 is 29.7 Å². The largest absolute Gasteiger partial charge is 0.444 e. The summed E-state index contributed by atoms with van der Waals surface area (Å²) in [5, 5.41) is 16.9. The Morgan fingerprint density at radius 3 is 1.52 bits per heavy atom. The van der Waals surface area contributed by atoms with E-state index in [1.54, 1.807) is 30.6 Å². The predicted octanol–water partition coefficient (Wildman–Crippen LogP) is 13.3. The van der Waals surface area contributed by atoms with Crippen molar-refractivity contribution in [3.63, 3.8) is 0 Å². The molecule has 18 heteroatoms. The minimum atomic E-state index is -0.943. The fourth-order valence-corrected chi connectivity index (χ4v) is 10.5. The maximum absolute atomic E-state index is 13.6. The first kappa shape index (κ1) is 67.2. The van der Waals surface area contributed by atoms with E-state index < -0.39 is 53.2 Å². The van der Waals surface area contributed by atoms with Gasteiger partial charge in [-0.15, -0.1) is 0 Å². The van der Waals surface area contributed by atoms with E-state index in [0.717, 1.165) is 70.6 Å². The summed E-state index contributed by atoms with van der Waals surface area (Å²) in [5.74, 6) is -2.63. The number of nitrogens with one attached hydrogen (secondary N) is 2. The van der Waals surface area contributed by atoms with Gasteiger partial charge in [0.05, 0.1) is 30.1 Å². The Hall–Kier alpha value is -7.35. The number of fused-ring (bicyclic) bond motifs is 2. The highest BCUT2D eigenvalue weighted by Crippen LogP contribution is 2.38. The third kappa shape index (κ3) is 21.8. The summed E-state index contributed by atoms with van der Waals surface area (Å²) in [6.45, 7) is 20.7. The maximum atomic E-state index is 13.6. The Morgan fingerprint density at radius 2 is 1.06 bits per heavy atom. The first-order valence-corrected chi connectivity index (χ1v) is 29.7. The SMILES string of the molecule is CC(C)(C)Cc1ccc2c(c1)C(N)CCN2C(=O)OCc1ccccc1.CC(C)(C)Cc1ccc2c(c1)C(NC[C@@H](O)[C@@H](N)Cc1cc(F)cc(F)c1)CCN2C(=O)OCc1ccccc1.CC(C)(C)OC(=O)NC(Cc1cc(F)cc(F)c1)C1CO1. The number of hydrogen-bond acceptors (Lipinski definition) is 11. The van der Waals surface area contributed by atoms with Gasteiger partial charge in [-0.1, -0.05) is 126 Å².